The van der Waals surface area contributed by atoms with E-state index in [4.69, 9.17) is 0 Å². The Balaban J connectivity index is 2.38. The molecule has 0 radical (unpaired) electrons. The van der Waals surface area contributed by atoms with Gasteiger partial charge in [-0.25, -0.2) is 4.79 Å². The maximum Gasteiger partial charge on any atom is 0.433 e. The molecule has 0 amide bonds. The second kappa shape index (κ2) is 6.76. The molecule has 0 saturated heterocycles. The lowest BCUT2D eigenvalue weighted by Crippen LogP contribution is -2.27. The smallest absolute Gasteiger partial charge is 0.260 e. The van der Waals surface area contributed by atoms with Gasteiger partial charge in [0.05, 0.1) is 11.4 Å². The molecule has 3 rings (SSSR count). The highest BCUT2D eigenvalue weighted by Gasteiger charge is 2.34. The molecule has 0 aliphatic rings. The predicted molar refractivity (Wildman–Crippen MR) is 92.1 cm³/mol. The number of benzene rings is 2. The van der Waals surface area contributed by atoms with Gasteiger partial charge in [0, 0.05) is 10.5 Å². The summed E-state index contributed by atoms with van der Waals surface area (Å²) in [4.78, 5) is 16.4. The number of nitrogens with zero attached hydrogens (tertiary/aromatic N) is 2. The maximum atomic E-state index is 13.2. The van der Waals surface area contributed by atoms with Crippen molar-refractivity contribution in [2.24, 2.45) is 0 Å². The van der Waals surface area contributed by atoms with Crippen LogP contribution >= 0.6 is 11.8 Å². The van der Waals surface area contributed by atoms with Crippen molar-refractivity contribution >= 4 is 11.8 Å². The van der Waals surface area contributed by atoms with Crippen LogP contribution in [0.5, 0.6) is 0 Å². The lowest BCUT2D eigenvalue weighted by Gasteiger charge is -2.17. The maximum absolute atomic E-state index is 13.2. The molecule has 1 aromatic heterocycles. The van der Waals surface area contributed by atoms with Gasteiger partial charge in [-0.1, -0.05) is 36.4 Å². The van der Waals surface area contributed by atoms with E-state index in [1.54, 1.807) is 54.6 Å². The van der Waals surface area contributed by atoms with Gasteiger partial charge in [-0.15, -0.1) is 11.8 Å². The third-order valence-corrected chi connectivity index (χ3v) is 4.41. The van der Waals surface area contributed by atoms with Gasteiger partial charge in [0.1, 0.15) is 0 Å². The Labute approximate surface area is 146 Å². The SMILES string of the molecule is CSc1ccccc1-c1cc(C(F)(F)F)nc(=O)n1-c1ccccc1. The summed E-state index contributed by atoms with van der Waals surface area (Å²) in [7, 11) is 0. The zero-order chi connectivity index (χ0) is 18.0. The second-order valence-corrected chi connectivity index (χ2v) is 6.03. The minimum atomic E-state index is -4.70. The number of hydrogen-bond donors (Lipinski definition) is 0. The van der Waals surface area contributed by atoms with Crippen molar-refractivity contribution in [2.45, 2.75) is 11.1 Å². The van der Waals surface area contributed by atoms with E-state index in [2.05, 4.69) is 4.98 Å². The predicted octanol–water partition coefficient (Wildman–Crippen LogP) is 4.64. The fourth-order valence-electron chi connectivity index (χ4n) is 2.51. The summed E-state index contributed by atoms with van der Waals surface area (Å²) in [6, 6.07) is 16.4. The van der Waals surface area contributed by atoms with Crippen LogP contribution in [0.1, 0.15) is 5.69 Å². The van der Waals surface area contributed by atoms with Gasteiger partial charge in [-0.2, -0.15) is 18.2 Å². The normalized spacial score (nSPS) is 11.5. The van der Waals surface area contributed by atoms with Crippen LogP contribution in [0, 0.1) is 0 Å². The number of rotatable bonds is 3. The second-order valence-electron chi connectivity index (χ2n) is 5.18. The van der Waals surface area contributed by atoms with Crippen LogP contribution in [0.15, 0.2) is 70.4 Å². The molecule has 2 aromatic carbocycles. The van der Waals surface area contributed by atoms with Crippen molar-refractivity contribution in [1.29, 1.82) is 0 Å². The van der Waals surface area contributed by atoms with Gasteiger partial charge in [0.2, 0.25) is 0 Å². The molecular weight excluding hydrogens is 349 g/mol. The standard InChI is InChI=1S/C18H13F3N2OS/c1-25-15-10-6-5-9-13(15)14-11-16(18(19,20)21)22-17(24)23(14)12-7-3-2-4-8-12/h2-11H,1H3. The number of para-hydroxylation sites is 1. The molecule has 0 atom stereocenters. The van der Waals surface area contributed by atoms with E-state index < -0.39 is 17.6 Å². The molecule has 3 nitrogen and oxygen atoms in total. The summed E-state index contributed by atoms with van der Waals surface area (Å²) in [6.07, 6.45) is -2.87. The summed E-state index contributed by atoms with van der Waals surface area (Å²) >= 11 is 1.40. The van der Waals surface area contributed by atoms with Crippen LogP contribution in [0.3, 0.4) is 0 Å². The first-order valence-corrected chi connectivity index (χ1v) is 8.54. The number of hydrogen-bond acceptors (Lipinski definition) is 3. The summed E-state index contributed by atoms with van der Waals surface area (Å²) in [5.74, 6) is 0. The molecule has 3 aromatic rings. The van der Waals surface area contributed by atoms with Crippen LogP contribution in [-0.4, -0.2) is 15.8 Å². The summed E-state index contributed by atoms with van der Waals surface area (Å²) in [5.41, 5.74) is -1.01. The number of alkyl halides is 3. The molecule has 1 heterocycles. The summed E-state index contributed by atoms with van der Waals surface area (Å²) < 4.78 is 40.7. The Morgan fingerprint density at radius 2 is 1.64 bits per heavy atom. The van der Waals surface area contributed by atoms with Gasteiger partial charge < -0.3 is 0 Å². The Bertz CT molecular complexity index is 953. The molecule has 0 N–H and O–H groups in total. The van der Waals surface area contributed by atoms with Crippen LogP contribution in [0.2, 0.25) is 0 Å². The lowest BCUT2D eigenvalue weighted by molar-refractivity contribution is -0.141. The molecule has 0 aliphatic carbocycles. The van der Waals surface area contributed by atoms with Gasteiger partial charge >= 0.3 is 11.9 Å². The first-order chi connectivity index (χ1) is 11.9. The average molecular weight is 362 g/mol. The van der Waals surface area contributed by atoms with Crippen LogP contribution in [0.4, 0.5) is 13.2 Å². The fraction of sp³-hybridized carbons (Fsp3) is 0.111. The number of aromatic nitrogens is 2. The van der Waals surface area contributed by atoms with E-state index in [-0.39, 0.29) is 5.69 Å². The molecule has 0 unspecified atom stereocenters. The largest absolute Gasteiger partial charge is 0.433 e. The number of halogens is 3. The van der Waals surface area contributed by atoms with E-state index >= 15 is 0 Å². The highest BCUT2D eigenvalue weighted by atomic mass is 32.2. The van der Waals surface area contributed by atoms with Gasteiger partial charge in [0.25, 0.3) is 0 Å². The van der Waals surface area contributed by atoms with Crippen molar-refractivity contribution in [1.82, 2.24) is 9.55 Å². The van der Waals surface area contributed by atoms with Crippen molar-refractivity contribution < 1.29 is 13.2 Å². The van der Waals surface area contributed by atoms with Gasteiger partial charge in [0.15, 0.2) is 5.69 Å². The monoisotopic (exact) mass is 362 g/mol. The van der Waals surface area contributed by atoms with Crippen molar-refractivity contribution in [2.75, 3.05) is 6.26 Å². The third kappa shape index (κ3) is 3.46. The average Bonchev–Trinajstić information content (AvgIpc) is 2.61. The summed E-state index contributed by atoms with van der Waals surface area (Å²) in [5, 5.41) is 0. The first kappa shape index (κ1) is 17.3. The zero-order valence-corrected chi connectivity index (χ0v) is 13.9. The highest BCUT2D eigenvalue weighted by molar-refractivity contribution is 7.98. The topological polar surface area (TPSA) is 34.9 Å². The van der Waals surface area contributed by atoms with E-state index in [1.807, 2.05) is 6.26 Å². The van der Waals surface area contributed by atoms with E-state index in [0.717, 1.165) is 11.0 Å². The third-order valence-electron chi connectivity index (χ3n) is 3.61. The number of thioether (sulfide) groups is 1. The van der Waals surface area contributed by atoms with E-state index in [1.165, 1.54) is 16.3 Å². The molecule has 0 saturated carbocycles. The minimum absolute atomic E-state index is 0.156. The zero-order valence-electron chi connectivity index (χ0n) is 13.1. The first-order valence-electron chi connectivity index (χ1n) is 7.32. The van der Waals surface area contributed by atoms with E-state index in [0.29, 0.717) is 11.3 Å². The molecule has 25 heavy (non-hydrogen) atoms. The van der Waals surface area contributed by atoms with Crippen molar-refractivity contribution in [3.05, 3.63) is 76.8 Å². The molecule has 7 heteroatoms. The van der Waals surface area contributed by atoms with Crippen molar-refractivity contribution in [3.8, 4) is 16.9 Å². The molecule has 0 bridgehead atoms. The van der Waals surface area contributed by atoms with Crippen molar-refractivity contribution in [3.63, 3.8) is 0 Å². The highest BCUT2D eigenvalue weighted by Crippen LogP contribution is 2.34. The molecular formula is C18H13F3N2OS. The fourth-order valence-corrected chi connectivity index (χ4v) is 3.12. The minimum Gasteiger partial charge on any atom is -0.260 e. The van der Waals surface area contributed by atoms with Crippen LogP contribution in [0.25, 0.3) is 16.9 Å². The lowest BCUT2D eigenvalue weighted by atomic mass is 10.1. The van der Waals surface area contributed by atoms with E-state index in [9.17, 15) is 18.0 Å². The summed E-state index contributed by atoms with van der Waals surface area (Å²) in [6.45, 7) is 0. The molecule has 0 fully saturated rings. The molecule has 128 valence electrons. The quantitative estimate of drug-likeness (QED) is 0.637. The van der Waals surface area contributed by atoms with Gasteiger partial charge in [-0.3, -0.25) is 4.57 Å². The van der Waals surface area contributed by atoms with Crippen LogP contribution < -0.4 is 5.69 Å². The Morgan fingerprint density at radius 3 is 2.28 bits per heavy atom. The molecule has 0 spiro atoms. The van der Waals surface area contributed by atoms with Crippen LogP contribution in [-0.2, 0) is 6.18 Å². The Morgan fingerprint density at radius 1 is 1.00 bits per heavy atom. The molecule has 0 aliphatic heterocycles. The Kier molecular flexibility index (Phi) is 4.67. The Hall–Kier alpha value is -2.54. The van der Waals surface area contributed by atoms with Gasteiger partial charge in [-0.05, 0) is 30.5 Å².